The Kier molecular flexibility index (Phi) is 6.44. The van der Waals surface area contributed by atoms with Crippen molar-refractivity contribution >= 4 is 0 Å². The van der Waals surface area contributed by atoms with Gasteiger partial charge >= 0.3 is 0 Å². The van der Waals surface area contributed by atoms with E-state index in [1.807, 2.05) is 0 Å². The summed E-state index contributed by atoms with van der Waals surface area (Å²) in [4.78, 5) is 2.35. The van der Waals surface area contributed by atoms with Crippen molar-refractivity contribution in [1.29, 1.82) is 5.26 Å². The smallest absolute Gasteiger partial charge is 0.0975 e. The molecule has 1 fully saturated rings. The first-order chi connectivity index (χ1) is 7.81. The average Bonchev–Trinajstić information content (AvgIpc) is 2.32. The fourth-order valence-corrected chi connectivity index (χ4v) is 2.46. The number of nitrogens with zero attached hydrogens (tertiary/aromatic N) is 2. The largest absolute Gasteiger partial charge is 0.313 e. The van der Waals surface area contributed by atoms with Crippen LogP contribution in [0.4, 0.5) is 0 Å². The van der Waals surface area contributed by atoms with Crippen LogP contribution in [0.1, 0.15) is 46.0 Å². The van der Waals surface area contributed by atoms with Gasteiger partial charge in [0.1, 0.15) is 0 Å². The van der Waals surface area contributed by atoms with E-state index in [0.29, 0.717) is 6.04 Å². The molecule has 3 nitrogen and oxygen atoms in total. The highest BCUT2D eigenvalue weighted by Gasteiger charge is 2.21. The van der Waals surface area contributed by atoms with Crippen molar-refractivity contribution in [2.45, 2.75) is 58.0 Å². The fraction of sp³-hybridized carbons (Fsp3) is 0.923. The van der Waals surface area contributed by atoms with Crippen LogP contribution in [-0.2, 0) is 0 Å². The molecule has 0 aromatic rings. The molecule has 16 heavy (non-hydrogen) atoms. The van der Waals surface area contributed by atoms with Gasteiger partial charge in [-0.05, 0) is 38.8 Å². The maximum atomic E-state index is 9.14. The first-order valence-electron chi connectivity index (χ1n) is 6.68. The van der Waals surface area contributed by atoms with Gasteiger partial charge in [0.15, 0.2) is 0 Å². The van der Waals surface area contributed by atoms with Crippen LogP contribution in [0.3, 0.4) is 0 Å². The zero-order valence-corrected chi connectivity index (χ0v) is 10.7. The van der Waals surface area contributed by atoms with E-state index in [2.05, 4.69) is 30.1 Å². The van der Waals surface area contributed by atoms with Gasteiger partial charge in [-0.1, -0.05) is 20.3 Å². The summed E-state index contributed by atoms with van der Waals surface area (Å²) in [6.07, 6.45) is 5.97. The molecule has 1 aliphatic heterocycles. The number of nitriles is 1. The number of hydrogen-bond acceptors (Lipinski definition) is 3. The molecule has 1 heterocycles. The second-order valence-electron chi connectivity index (χ2n) is 4.69. The Labute approximate surface area is 99.8 Å². The Morgan fingerprint density at radius 2 is 2.25 bits per heavy atom. The minimum atomic E-state index is 0.101. The van der Waals surface area contributed by atoms with Gasteiger partial charge in [-0.25, -0.2) is 0 Å². The number of rotatable bonds is 6. The highest BCUT2D eigenvalue weighted by Crippen LogP contribution is 2.12. The third-order valence-corrected chi connectivity index (χ3v) is 3.35. The quantitative estimate of drug-likeness (QED) is 0.750. The first-order valence-corrected chi connectivity index (χ1v) is 6.68. The molecular formula is C13H25N3. The van der Waals surface area contributed by atoms with Crippen molar-refractivity contribution in [3.05, 3.63) is 0 Å². The maximum Gasteiger partial charge on any atom is 0.0975 e. The lowest BCUT2D eigenvalue weighted by Crippen LogP contribution is -2.47. The minimum Gasteiger partial charge on any atom is -0.313 e. The lowest BCUT2D eigenvalue weighted by atomic mass is 10.0. The van der Waals surface area contributed by atoms with E-state index >= 15 is 0 Å². The number of piperidine rings is 1. The molecule has 0 spiro atoms. The lowest BCUT2D eigenvalue weighted by molar-refractivity contribution is 0.191. The van der Waals surface area contributed by atoms with Crippen molar-refractivity contribution in [3.63, 3.8) is 0 Å². The van der Waals surface area contributed by atoms with Crippen LogP contribution in [0.2, 0.25) is 0 Å². The van der Waals surface area contributed by atoms with Crippen molar-refractivity contribution in [2.75, 3.05) is 19.6 Å². The Morgan fingerprint density at radius 3 is 2.75 bits per heavy atom. The van der Waals surface area contributed by atoms with Gasteiger partial charge in [-0.3, -0.25) is 4.90 Å². The molecule has 0 radical (unpaired) electrons. The molecule has 3 heteroatoms. The second kappa shape index (κ2) is 7.65. The normalized spacial score (nSPS) is 23.0. The van der Waals surface area contributed by atoms with E-state index in [1.165, 1.54) is 19.3 Å². The van der Waals surface area contributed by atoms with Crippen LogP contribution in [0, 0.1) is 11.3 Å². The maximum absolute atomic E-state index is 9.14. The molecule has 2 unspecified atom stereocenters. The molecular weight excluding hydrogens is 198 g/mol. The van der Waals surface area contributed by atoms with Crippen molar-refractivity contribution in [3.8, 4) is 6.07 Å². The molecule has 0 bridgehead atoms. The Morgan fingerprint density at radius 1 is 1.44 bits per heavy atom. The van der Waals surface area contributed by atoms with Gasteiger partial charge in [-0.15, -0.1) is 0 Å². The van der Waals surface area contributed by atoms with Gasteiger partial charge < -0.3 is 5.32 Å². The Hall–Kier alpha value is -0.590. The van der Waals surface area contributed by atoms with Crippen LogP contribution in [-0.4, -0.2) is 36.6 Å². The number of nitrogens with one attached hydrogen (secondary N) is 1. The molecule has 0 amide bonds. The van der Waals surface area contributed by atoms with Gasteiger partial charge in [0, 0.05) is 12.6 Å². The highest BCUT2D eigenvalue weighted by molar-refractivity contribution is 4.92. The van der Waals surface area contributed by atoms with Crippen molar-refractivity contribution in [1.82, 2.24) is 10.2 Å². The summed E-state index contributed by atoms with van der Waals surface area (Å²) in [6.45, 7) is 7.52. The summed E-state index contributed by atoms with van der Waals surface area (Å²) >= 11 is 0. The standard InChI is InChI=1S/C13H25N3/c1-3-9-16(13(4-2)10-14)11-12-7-5-6-8-15-12/h12-13,15H,3-9,11H2,1-2H3. The topological polar surface area (TPSA) is 39.1 Å². The van der Waals surface area contributed by atoms with E-state index in [0.717, 1.165) is 32.5 Å². The summed E-state index contributed by atoms with van der Waals surface area (Å²) in [5, 5.41) is 12.7. The predicted octanol–water partition coefficient (Wildman–Crippen LogP) is 2.14. The van der Waals surface area contributed by atoms with E-state index in [4.69, 9.17) is 5.26 Å². The molecule has 2 atom stereocenters. The molecule has 1 rings (SSSR count). The average molecular weight is 223 g/mol. The molecule has 1 N–H and O–H groups in total. The molecule has 0 aromatic heterocycles. The van der Waals surface area contributed by atoms with E-state index in [-0.39, 0.29) is 6.04 Å². The van der Waals surface area contributed by atoms with Crippen molar-refractivity contribution in [2.24, 2.45) is 0 Å². The molecule has 1 aliphatic rings. The van der Waals surface area contributed by atoms with Crippen LogP contribution in [0.15, 0.2) is 0 Å². The van der Waals surface area contributed by atoms with E-state index < -0.39 is 0 Å². The van der Waals surface area contributed by atoms with E-state index in [9.17, 15) is 0 Å². The minimum absolute atomic E-state index is 0.101. The molecule has 1 saturated heterocycles. The van der Waals surface area contributed by atoms with E-state index in [1.54, 1.807) is 0 Å². The molecule has 92 valence electrons. The van der Waals surface area contributed by atoms with Gasteiger partial charge in [0.05, 0.1) is 12.1 Å². The van der Waals surface area contributed by atoms with Gasteiger partial charge in [0.2, 0.25) is 0 Å². The summed E-state index contributed by atoms with van der Waals surface area (Å²) in [5.74, 6) is 0. The SMILES string of the molecule is CCCN(CC1CCCCN1)C(C#N)CC. The van der Waals surface area contributed by atoms with Crippen molar-refractivity contribution < 1.29 is 0 Å². The zero-order chi connectivity index (χ0) is 11.8. The molecule has 0 aromatic carbocycles. The van der Waals surface area contributed by atoms with Gasteiger partial charge in [0.25, 0.3) is 0 Å². The molecule has 0 saturated carbocycles. The summed E-state index contributed by atoms with van der Waals surface area (Å²) in [7, 11) is 0. The van der Waals surface area contributed by atoms with Gasteiger partial charge in [-0.2, -0.15) is 5.26 Å². The third kappa shape index (κ3) is 4.11. The Balaban J connectivity index is 2.45. The first kappa shape index (κ1) is 13.5. The Bertz CT molecular complexity index is 216. The lowest BCUT2D eigenvalue weighted by Gasteiger charge is -2.32. The van der Waals surface area contributed by atoms with Crippen LogP contribution in [0.25, 0.3) is 0 Å². The van der Waals surface area contributed by atoms with Crippen LogP contribution in [0.5, 0.6) is 0 Å². The monoisotopic (exact) mass is 223 g/mol. The summed E-state index contributed by atoms with van der Waals surface area (Å²) in [5.41, 5.74) is 0. The highest BCUT2D eigenvalue weighted by atomic mass is 15.2. The second-order valence-corrected chi connectivity index (χ2v) is 4.69. The fourth-order valence-electron chi connectivity index (χ4n) is 2.46. The molecule has 0 aliphatic carbocycles. The number of hydrogen-bond donors (Lipinski definition) is 1. The predicted molar refractivity (Wildman–Crippen MR) is 67.2 cm³/mol. The third-order valence-electron chi connectivity index (χ3n) is 3.35. The van der Waals surface area contributed by atoms with Crippen LogP contribution < -0.4 is 5.32 Å². The summed E-state index contributed by atoms with van der Waals surface area (Å²) in [6, 6.07) is 3.12. The van der Waals surface area contributed by atoms with Crippen LogP contribution >= 0.6 is 0 Å². The zero-order valence-electron chi connectivity index (χ0n) is 10.7. The summed E-state index contributed by atoms with van der Waals surface area (Å²) < 4.78 is 0.